The van der Waals surface area contributed by atoms with Gasteiger partial charge >= 0.3 is 0 Å². The van der Waals surface area contributed by atoms with Gasteiger partial charge < -0.3 is 4.74 Å². The van der Waals surface area contributed by atoms with E-state index in [1.54, 1.807) is 6.07 Å². The van der Waals surface area contributed by atoms with E-state index in [0.717, 1.165) is 19.4 Å². The molecule has 0 saturated carbocycles. The minimum Gasteiger partial charge on any atom is -0.381 e. The number of hydrogen-bond donors (Lipinski definition) is 0. The second kappa shape index (κ2) is 6.00. The number of ether oxygens (including phenoxy) is 1. The highest BCUT2D eigenvalue weighted by molar-refractivity contribution is 9.10. The van der Waals surface area contributed by atoms with E-state index < -0.39 is 0 Å². The molecule has 1 saturated heterocycles. The lowest BCUT2D eigenvalue weighted by atomic mass is 9.94. The van der Waals surface area contributed by atoms with Gasteiger partial charge in [0, 0.05) is 21.5 Å². The summed E-state index contributed by atoms with van der Waals surface area (Å²) in [4.78, 5) is -0.0478. The molecule has 94 valence electrons. The maximum absolute atomic E-state index is 13.9. The summed E-state index contributed by atoms with van der Waals surface area (Å²) in [6, 6.07) is 3.09. The van der Waals surface area contributed by atoms with Crippen molar-refractivity contribution in [1.29, 1.82) is 0 Å². The third kappa shape index (κ3) is 3.22. The number of benzene rings is 1. The van der Waals surface area contributed by atoms with Crippen LogP contribution in [0, 0.1) is 11.7 Å². The second-order valence-corrected chi connectivity index (χ2v) is 6.41. The van der Waals surface area contributed by atoms with Crippen molar-refractivity contribution in [2.24, 2.45) is 5.92 Å². The van der Waals surface area contributed by atoms with Gasteiger partial charge in [-0.25, -0.2) is 4.39 Å². The van der Waals surface area contributed by atoms with Crippen LogP contribution in [0.15, 0.2) is 16.6 Å². The van der Waals surface area contributed by atoms with Crippen molar-refractivity contribution in [1.82, 2.24) is 0 Å². The third-order valence-corrected chi connectivity index (χ3v) is 5.38. The van der Waals surface area contributed by atoms with Crippen molar-refractivity contribution >= 4 is 43.5 Å². The summed E-state index contributed by atoms with van der Waals surface area (Å²) in [7, 11) is 0. The standard InChI is InChI=1S/C12H12Br2ClFO/c13-9-5-11(16)8(4-10(9)15)12(14)7-2-1-3-17-6-7/h4-5,7,12H,1-3,6H2. The van der Waals surface area contributed by atoms with E-state index in [1.165, 1.54) is 6.07 Å². The summed E-state index contributed by atoms with van der Waals surface area (Å²) in [5.74, 6) is 0.0595. The first-order valence-electron chi connectivity index (χ1n) is 5.46. The monoisotopic (exact) mass is 384 g/mol. The Morgan fingerprint density at radius 2 is 2.24 bits per heavy atom. The van der Waals surface area contributed by atoms with Gasteiger partial charge in [-0.15, -0.1) is 0 Å². The zero-order valence-corrected chi connectivity index (χ0v) is 13.0. The Hall–Kier alpha value is 0.360. The molecule has 1 heterocycles. The van der Waals surface area contributed by atoms with Crippen molar-refractivity contribution < 1.29 is 9.13 Å². The number of alkyl halides is 1. The van der Waals surface area contributed by atoms with Crippen LogP contribution in [0.5, 0.6) is 0 Å². The number of rotatable bonds is 2. The number of hydrogen-bond acceptors (Lipinski definition) is 1. The van der Waals surface area contributed by atoms with E-state index in [0.29, 0.717) is 27.6 Å². The number of halogens is 4. The van der Waals surface area contributed by atoms with Gasteiger partial charge in [-0.05, 0) is 46.8 Å². The van der Waals surface area contributed by atoms with Crippen molar-refractivity contribution in [2.45, 2.75) is 17.7 Å². The van der Waals surface area contributed by atoms with Crippen molar-refractivity contribution in [3.63, 3.8) is 0 Å². The largest absolute Gasteiger partial charge is 0.381 e. The summed E-state index contributed by atoms with van der Waals surface area (Å²) in [6.45, 7) is 1.48. The average molecular weight is 386 g/mol. The van der Waals surface area contributed by atoms with Gasteiger partial charge in [-0.2, -0.15) is 0 Å². The lowest BCUT2D eigenvalue weighted by molar-refractivity contribution is 0.0543. The van der Waals surface area contributed by atoms with E-state index in [4.69, 9.17) is 16.3 Å². The van der Waals surface area contributed by atoms with Crippen LogP contribution in [0.4, 0.5) is 4.39 Å². The molecular formula is C12H12Br2ClFO. The Balaban J connectivity index is 2.23. The Bertz CT molecular complexity index is 408. The molecule has 0 bridgehead atoms. The SMILES string of the molecule is Fc1cc(Br)c(Cl)cc1C(Br)C1CCCOC1. The molecule has 1 aromatic carbocycles. The summed E-state index contributed by atoms with van der Waals surface area (Å²) in [5.41, 5.74) is 0.605. The molecule has 1 fully saturated rings. The van der Waals surface area contributed by atoms with E-state index in [-0.39, 0.29) is 10.6 Å². The molecule has 0 aromatic heterocycles. The lowest BCUT2D eigenvalue weighted by Crippen LogP contribution is -2.21. The Morgan fingerprint density at radius 3 is 2.88 bits per heavy atom. The van der Waals surface area contributed by atoms with Crippen LogP contribution in [0.1, 0.15) is 23.2 Å². The predicted octanol–water partition coefficient (Wildman–Crippen LogP) is 5.10. The molecule has 1 aromatic rings. The van der Waals surface area contributed by atoms with Crippen molar-refractivity contribution in [2.75, 3.05) is 13.2 Å². The Labute approximate surface area is 122 Å². The van der Waals surface area contributed by atoms with Gasteiger partial charge in [0.25, 0.3) is 0 Å². The van der Waals surface area contributed by atoms with Crippen LogP contribution in [0.3, 0.4) is 0 Å². The lowest BCUT2D eigenvalue weighted by Gasteiger charge is -2.27. The van der Waals surface area contributed by atoms with Crippen LogP contribution in [-0.2, 0) is 4.74 Å². The molecule has 1 nitrogen and oxygen atoms in total. The van der Waals surface area contributed by atoms with Gasteiger partial charge in [0.15, 0.2) is 0 Å². The van der Waals surface area contributed by atoms with E-state index in [2.05, 4.69) is 31.9 Å². The molecular weight excluding hydrogens is 374 g/mol. The van der Waals surface area contributed by atoms with Crippen LogP contribution >= 0.6 is 43.5 Å². The van der Waals surface area contributed by atoms with Crippen LogP contribution < -0.4 is 0 Å². The van der Waals surface area contributed by atoms with Crippen molar-refractivity contribution in [3.05, 3.63) is 33.0 Å². The van der Waals surface area contributed by atoms with Crippen molar-refractivity contribution in [3.8, 4) is 0 Å². The Morgan fingerprint density at radius 1 is 1.47 bits per heavy atom. The minimum absolute atomic E-state index is 0.0478. The van der Waals surface area contributed by atoms with Gasteiger partial charge in [0.2, 0.25) is 0 Å². The molecule has 2 rings (SSSR count). The zero-order valence-electron chi connectivity index (χ0n) is 9.06. The first-order chi connectivity index (χ1) is 8.09. The summed E-state index contributed by atoms with van der Waals surface area (Å²) >= 11 is 12.8. The highest BCUT2D eigenvalue weighted by Crippen LogP contribution is 2.39. The summed E-state index contributed by atoms with van der Waals surface area (Å²) in [5, 5.41) is 0.530. The molecule has 0 N–H and O–H groups in total. The minimum atomic E-state index is -0.242. The summed E-state index contributed by atoms with van der Waals surface area (Å²) < 4.78 is 19.9. The fourth-order valence-electron chi connectivity index (χ4n) is 2.00. The summed E-state index contributed by atoms with van der Waals surface area (Å²) in [6.07, 6.45) is 2.07. The fourth-order valence-corrected chi connectivity index (χ4v) is 3.26. The Kier molecular flexibility index (Phi) is 4.87. The highest BCUT2D eigenvalue weighted by Gasteiger charge is 2.26. The van der Waals surface area contributed by atoms with Gasteiger partial charge in [0.05, 0.1) is 11.6 Å². The van der Waals surface area contributed by atoms with Gasteiger partial charge in [0.1, 0.15) is 5.82 Å². The molecule has 0 spiro atoms. The molecule has 0 radical (unpaired) electrons. The molecule has 5 heteroatoms. The van der Waals surface area contributed by atoms with Gasteiger partial charge in [-0.3, -0.25) is 0 Å². The molecule has 0 amide bonds. The highest BCUT2D eigenvalue weighted by atomic mass is 79.9. The molecule has 0 aliphatic carbocycles. The van der Waals surface area contributed by atoms with Crippen LogP contribution in [0.25, 0.3) is 0 Å². The normalized spacial score (nSPS) is 22.5. The first kappa shape index (κ1) is 13.8. The smallest absolute Gasteiger partial charge is 0.128 e. The molecule has 2 unspecified atom stereocenters. The van der Waals surface area contributed by atoms with E-state index >= 15 is 0 Å². The maximum atomic E-state index is 13.9. The maximum Gasteiger partial charge on any atom is 0.128 e. The molecule has 1 aliphatic heterocycles. The quantitative estimate of drug-likeness (QED) is 0.507. The third-order valence-electron chi connectivity index (χ3n) is 2.95. The topological polar surface area (TPSA) is 9.23 Å². The average Bonchev–Trinajstić information content (AvgIpc) is 2.34. The zero-order chi connectivity index (χ0) is 12.4. The van der Waals surface area contributed by atoms with Gasteiger partial charge in [-0.1, -0.05) is 27.5 Å². The molecule has 1 aliphatic rings. The second-order valence-electron chi connectivity index (χ2n) is 4.17. The fraction of sp³-hybridized carbons (Fsp3) is 0.500. The van der Waals surface area contributed by atoms with E-state index in [1.807, 2.05) is 0 Å². The first-order valence-corrected chi connectivity index (χ1v) is 7.54. The predicted molar refractivity (Wildman–Crippen MR) is 74.3 cm³/mol. The molecule has 2 atom stereocenters. The molecule has 17 heavy (non-hydrogen) atoms. The van der Waals surface area contributed by atoms with Crippen LogP contribution in [-0.4, -0.2) is 13.2 Å². The van der Waals surface area contributed by atoms with Crippen LogP contribution in [0.2, 0.25) is 5.02 Å². The van der Waals surface area contributed by atoms with E-state index in [9.17, 15) is 4.39 Å².